The predicted molar refractivity (Wildman–Crippen MR) is 262 cm³/mol. The van der Waals surface area contributed by atoms with Gasteiger partial charge in [0.25, 0.3) is 0 Å². The van der Waals surface area contributed by atoms with E-state index in [0.29, 0.717) is 0 Å². The Labute approximate surface area is 358 Å². The number of fused-ring (bicyclic) bond motifs is 9. The standard InChI is InChI=1S/C59H37N3/c1-2-18-41-33-43(32-31-38(41)15-1)61-56-29-11-8-24-49(56)51-37-59-52(36-58(51)61)50-25-9-12-30-57(50)62(59)55-28-10-7-23-46(55)42-34-53(47-26-13-19-39-16-3-5-21-44(39)47)60-54(35-42)48-27-14-20-40-17-4-6-22-45(40)48/h1-37H. The van der Waals surface area contributed by atoms with E-state index in [4.69, 9.17) is 4.98 Å². The van der Waals surface area contributed by atoms with Crippen molar-refractivity contribution in [1.29, 1.82) is 0 Å². The van der Waals surface area contributed by atoms with Crippen LogP contribution in [0.15, 0.2) is 224 Å². The average Bonchev–Trinajstić information content (AvgIpc) is 3.84. The predicted octanol–water partition coefficient (Wildman–Crippen LogP) is 15.7. The van der Waals surface area contributed by atoms with Gasteiger partial charge in [-0.25, -0.2) is 4.98 Å². The van der Waals surface area contributed by atoms with Gasteiger partial charge >= 0.3 is 0 Å². The third kappa shape index (κ3) is 5.28. The van der Waals surface area contributed by atoms with Gasteiger partial charge in [-0.2, -0.15) is 0 Å². The number of pyridine rings is 1. The molecule has 0 bridgehead atoms. The van der Waals surface area contributed by atoms with Crippen molar-refractivity contribution in [2.75, 3.05) is 0 Å². The lowest BCUT2D eigenvalue weighted by Crippen LogP contribution is -1.99. The molecule has 0 fully saturated rings. The molecule has 0 amide bonds. The van der Waals surface area contributed by atoms with E-state index in [-0.39, 0.29) is 0 Å². The molecule has 3 heterocycles. The summed E-state index contributed by atoms with van der Waals surface area (Å²) in [6.45, 7) is 0. The summed E-state index contributed by atoms with van der Waals surface area (Å²) in [5.74, 6) is 0. The van der Waals surface area contributed by atoms with Gasteiger partial charge < -0.3 is 9.13 Å². The van der Waals surface area contributed by atoms with Crippen molar-refractivity contribution in [1.82, 2.24) is 14.1 Å². The molecule has 0 aliphatic heterocycles. The molecule has 3 nitrogen and oxygen atoms in total. The first-order valence-electron chi connectivity index (χ1n) is 21.3. The zero-order valence-electron chi connectivity index (χ0n) is 33.7. The lowest BCUT2D eigenvalue weighted by molar-refractivity contribution is 1.18. The van der Waals surface area contributed by atoms with Crippen molar-refractivity contribution < 1.29 is 0 Å². The Bertz CT molecular complexity index is 3830. The summed E-state index contributed by atoms with van der Waals surface area (Å²) in [4.78, 5) is 5.49. The maximum absolute atomic E-state index is 5.49. The van der Waals surface area contributed by atoms with E-state index in [2.05, 4.69) is 234 Å². The summed E-state index contributed by atoms with van der Waals surface area (Å²) in [5.41, 5.74) is 13.4. The van der Waals surface area contributed by atoms with E-state index in [1.54, 1.807) is 0 Å². The average molecular weight is 788 g/mol. The molecule has 13 rings (SSSR count). The molecule has 0 N–H and O–H groups in total. The molecule has 3 aromatic heterocycles. The zero-order chi connectivity index (χ0) is 40.7. The molecule has 288 valence electrons. The summed E-state index contributed by atoms with van der Waals surface area (Å²) in [5, 5.41) is 12.1. The maximum atomic E-state index is 5.49. The van der Waals surface area contributed by atoms with Crippen LogP contribution >= 0.6 is 0 Å². The van der Waals surface area contributed by atoms with Gasteiger partial charge in [0.1, 0.15) is 0 Å². The molecule has 0 radical (unpaired) electrons. The number of rotatable bonds is 5. The first-order valence-corrected chi connectivity index (χ1v) is 21.3. The molecular formula is C59H37N3. The molecule has 0 saturated heterocycles. The van der Waals surface area contributed by atoms with E-state index < -0.39 is 0 Å². The summed E-state index contributed by atoms with van der Waals surface area (Å²) in [6.07, 6.45) is 0. The Morgan fingerprint density at radius 2 is 0.742 bits per heavy atom. The van der Waals surface area contributed by atoms with Gasteiger partial charge in [-0.15, -0.1) is 0 Å². The second-order valence-corrected chi connectivity index (χ2v) is 16.3. The fourth-order valence-corrected chi connectivity index (χ4v) is 10.1. The van der Waals surface area contributed by atoms with E-state index in [9.17, 15) is 0 Å². The van der Waals surface area contributed by atoms with Crippen LogP contribution in [-0.2, 0) is 0 Å². The highest BCUT2D eigenvalue weighted by atomic mass is 15.0. The van der Waals surface area contributed by atoms with Gasteiger partial charge in [0.15, 0.2) is 0 Å². The molecular weight excluding hydrogens is 751 g/mol. The number of aromatic nitrogens is 3. The van der Waals surface area contributed by atoms with Crippen LogP contribution in [0.2, 0.25) is 0 Å². The van der Waals surface area contributed by atoms with Crippen LogP contribution in [0.4, 0.5) is 0 Å². The summed E-state index contributed by atoms with van der Waals surface area (Å²) >= 11 is 0. The van der Waals surface area contributed by atoms with E-state index >= 15 is 0 Å². The van der Waals surface area contributed by atoms with Gasteiger partial charge in [-0.1, -0.05) is 170 Å². The number of hydrogen-bond acceptors (Lipinski definition) is 1. The zero-order valence-corrected chi connectivity index (χ0v) is 33.7. The molecule has 0 saturated carbocycles. The minimum atomic E-state index is 0.947. The van der Waals surface area contributed by atoms with Gasteiger partial charge in [0.05, 0.1) is 39.1 Å². The third-order valence-electron chi connectivity index (χ3n) is 12.9. The monoisotopic (exact) mass is 787 g/mol. The highest BCUT2D eigenvalue weighted by molar-refractivity contribution is 6.19. The van der Waals surface area contributed by atoms with Crippen molar-refractivity contribution in [2.45, 2.75) is 0 Å². The summed E-state index contributed by atoms with van der Waals surface area (Å²) in [6, 6.07) is 81.7. The van der Waals surface area contributed by atoms with Gasteiger partial charge in [-0.3, -0.25) is 0 Å². The van der Waals surface area contributed by atoms with E-state index in [0.717, 1.165) is 45.0 Å². The summed E-state index contributed by atoms with van der Waals surface area (Å²) < 4.78 is 4.92. The van der Waals surface area contributed by atoms with Crippen molar-refractivity contribution in [3.63, 3.8) is 0 Å². The lowest BCUT2D eigenvalue weighted by Gasteiger charge is -2.17. The van der Waals surface area contributed by atoms with Gasteiger partial charge in [0.2, 0.25) is 0 Å². The smallest absolute Gasteiger partial charge is 0.0721 e. The Morgan fingerprint density at radius 1 is 0.274 bits per heavy atom. The Hall–Kier alpha value is -8.27. The van der Waals surface area contributed by atoms with E-state index in [1.807, 2.05) is 0 Å². The van der Waals surface area contributed by atoms with Crippen LogP contribution in [0.1, 0.15) is 0 Å². The van der Waals surface area contributed by atoms with Crippen LogP contribution in [-0.4, -0.2) is 14.1 Å². The second-order valence-electron chi connectivity index (χ2n) is 16.3. The highest BCUT2D eigenvalue weighted by Crippen LogP contribution is 2.43. The van der Waals surface area contributed by atoms with E-state index in [1.165, 1.54) is 75.9 Å². The minimum absolute atomic E-state index is 0.947. The number of hydrogen-bond donors (Lipinski definition) is 0. The SMILES string of the molecule is c1ccc(-n2c3ccccc3c3cc4c(cc32)c2ccccc2n4-c2ccc3ccccc3c2)c(-c2cc(-c3cccc4ccccc34)nc(-c3cccc4ccccc34)c2)c1. The van der Waals surface area contributed by atoms with Crippen LogP contribution in [0, 0.1) is 0 Å². The molecule has 0 aliphatic rings. The normalized spacial score (nSPS) is 11.9. The molecule has 0 unspecified atom stereocenters. The van der Waals surface area contributed by atoms with Crippen molar-refractivity contribution in [2.24, 2.45) is 0 Å². The van der Waals surface area contributed by atoms with Crippen LogP contribution in [0.3, 0.4) is 0 Å². The number of benzene rings is 10. The number of nitrogens with zero attached hydrogens (tertiary/aromatic N) is 3. The molecule has 0 aliphatic carbocycles. The largest absolute Gasteiger partial charge is 0.309 e. The topological polar surface area (TPSA) is 22.8 Å². The van der Waals surface area contributed by atoms with Crippen LogP contribution in [0.5, 0.6) is 0 Å². The third-order valence-corrected chi connectivity index (χ3v) is 12.9. The first kappa shape index (κ1) is 34.6. The minimum Gasteiger partial charge on any atom is -0.309 e. The Kier molecular flexibility index (Phi) is 7.60. The molecule has 0 atom stereocenters. The van der Waals surface area contributed by atoms with Crippen molar-refractivity contribution in [3.05, 3.63) is 224 Å². The maximum Gasteiger partial charge on any atom is 0.0721 e. The quantitative estimate of drug-likeness (QED) is 0.170. The van der Waals surface area contributed by atoms with Crippen LogP contribution in [0.25, 0.3) is 121 Å². The summed E-state index contributed by atoms with van der Waals surface area (Å²) in [7, 11) is 0. The van der Waals surface area contributed by atoms with Crippen molar-refractivity contribution in [3.8, 4) is 45.0 Å². The molecule has 10 aromatic carbocycles. The Morgan fingerprint density at radius 3 is 1.39 bits per heavy atom. The van der Waals surface area contributed by atoms with Crippen LogP contribution < -0.4 is 0 Å². The molecule has 3 heteroatoms. The first-order chi connectivity index (χ1) is 30.7. The van der Waals surface area contributed by atoms with Gasteiger partial charge in [0, 0.05) is 43.9 Å². The lowest BCUT2D eigenvalue weighted by atomic mass is 9.95. The highest BCUT2D eigenvalue weighted by Gasteiger charge is 2.21. The fraction of sp³-hybridized carbons (Fsp3) is 0. The molecule has 62 heavy (non-hydrogen) atoms. The molecule has 0 spiro atoms. The van der Waals surface area contributed by atoms with Gasteiger partial charge in [-0.05, 0) is 92.5 Å². The molecule has 13 aromatic rings. The van der Waals surface area contributed by atoms with Crippen molar-refractivity contribution >= 4 is 75.9 Å². The number of para-hydroxylation sites is 3. The Balaban J connectivity index is 1.09. The second kappa shape index (κ2) is 13.6. The fourth-order valence-electron chi connectivity index (χ4n) is 10.1.